The normalized spacial score (nSPS) is 32.7. The molecular weight excluding hydrogens is 464 g/mol. The summed E-state index contributed by atoms with van der Waals surface area (Å²) >= 11 is 0. The van der Waals surface area contributed by atoms with Crippen LogP contribution < -0.4 is 5.06 Å². The van der Waals surface area contributed by atoms with Crippen molar-refractivity contribution in [2.45, 2.75) is 95.6 Å². The number of aromatic amines is 1. The molecule has 4 bridgehead atoms. The van der Waals surface area contributed by atoms with Crippen molar-refractivity contribution in [2.24, 2.45) is 28.2 Å². The average Bonchev–Trinajstić information content (AvgIpc) is 3.55. The van der Waals surface area contributed by atoms with Gasteiger partial charge >= 0.3 is 5.97 Å². The molecule has 0 saturated heterocycles. The van der Waals surface area contributed by atoms with E-state index in [1.54, 1.807) is 23.3 Å². The van der Waals surface area contributed by atoms with Gasteiger partial charge in [0.05, 0.1) is 11.3 Å². The van der Waals surface area contributed by atoms with Crippen LogP contribution in [-0.4, -0.2) is 27.4 Å². The fourth-order valence-electron chi connectivity index (χ4n) is 8.81. The van der Waals surface area contributed by atoms with E-state index in [9.17, 15) is 9.90 Å². The highest BCUT2D eigenvalue weighted by Gasteiger charge is 2.50. The molecule has 5 aliphatic carbocycles. The Morgan fingerprint density at radius 3 is 2.51 bits per heavy atom. The number of carbonyl (C=O) groups is 1. The van der Waals surface area contributed by atoms with Crippen LogP contribution in [0.2, 0.25) is 0 Å². The Kier molecular flexibility index (Phi) is 5.78. The first kappa shape index (κ1) is 23.3. The first-order valence-electron chi connectivity index (χ1n) is 14.4. The second-order valence-electron chi connectivity index (χ2n) is 12.7. The summed E-state index contributed by atoms with van der Waals surface area (Å²) in [5.74, 6) is 4.30. The van der Waals surface area contributed by atoms with E-state index in [2.05, 4.69) is 9.98 Å². The lowest BCUT2D eigenvalue weighted by Gasteiger charge is -2.57. The summed E-state index contributed by atoms with van der Waals surface area (Å²) < 4.78 is 0. The molecule has 1 aliphatic heterocycles. The van der Waals surface area contributed by atoms with E-state index in [0.717, 1.165) is 47.1 Å². The third-order valence-corrected chi connectivity index (χ3v) is 10.1. The summed E-state index contributed by atoms with van der Waals surface area (Å²) in [5.41, 5.74) is 2.70. The van der Waals surface area contributed by atoms with E-state index in [4.69, 9.17) is 9.82 Å². The van der Waals surface area contributed by atoms with E-state index in [0.29, 0.717) is 11.3 Å². The quantitative estimate of drug-likeness (QED) is 0.435. The molecule has 6 aliphatic rings. The summed E-state index contributed by atoms with van der Waals surface area (Å²) in [5, 5.41) is 11.3. The number of aromatic carboxylic acids is 1. The van der Waals surface area contributed by atoms with E-state index in [1.807, 2.05) is 6.07 Å². The lowest BCUT2D eigenvalue weighted by molar-refractivity contribution is -0.0570. The molecule has 0 amide bonds. The molecule has 196 valence electrons. The number of aromatic nitrogens is 2. The van der Waals surface area contributed by atoms with Crippen molar-refractivity contribution in [3.63, 3.8) is 0 Å². The molecule has 7 nitrogen and oxygen atoms in total. The molecule has 8 rings (SSSR count). The van der Waals surface area contributed by atoms with Crippen molar-refractivity contribution in [2.75, 3.05) is 5.06 Å². The van der Waals surface area contributed by atoms with Crippen molar-refractivity contribution < 1.29 is 14.7 Å². The molecule has 5 fully saturated rings. The number of carboxylic acid groups (broad SMARTS) is 1. The van der Waals surface area contributed by atoms with Crippen molar-refractivity contribution in [3.8, 4) is 0 Å². The zero-order valence-electron chi connectivity index (χ0n) is 21.6. The zero-order valence-corrected chi connectivity index (χ0v) is 21.6. The minimum atomic E-state index is -0.938. The van der Waals surface area contributed by atoms with Crippen molar-refractivity contribution in [1.29, 1.82) is 0 Å². The van der Waals surface area contributed by atoms with Gasteiger partial charge in [-0.05, 0) is 99.5 Å². The molecule has 1 aromatic carbocycles. The van der Waals surface area contributed by atoms with Crippen molar-refractivity contribution in [1.82, 2.24) is 9.97 Å². The topological polar surface area (TPSA) is 90.8 Å². The van der Waals surface area contributed by atoms with Crippen LogP contribution in [-0.2, 0) is 11.3 Å². The monoisotopic (exact) mass is 502 g/mol. The summed E-state index contributed by atoms with van der Waals surface area (Å²) in [4.78, 5) is 31.1. The fraction of sp³-hybridized carbons (Fsp3) is 0.633. The van der Waals surface area contributed by atoms with Crippen LogP contribution >= 0.6 is 0 Å². The predicted octanol–water partition coefficient (Wildman–Crippen LogP) is 6.78. The number of nitrogens with one attached hydrogen (secondary N) is 1. The van der Waals surface area contributed by atoms with Crippen molar-refractivity contribution >= 4 is 18.2 Å². The van der Waals surface area contributed by atoms with E-state index < -0.39 is 12.1 Å². The van der Waals surface area contributed by atoms with E-state index >= 15 is 0 Å². The Bertz CT molecular complexity index is 1160. The number of hydroxylamine groups is 1. The number of carboxylic acids is 1. The minimum Gasteiger partial charge on any atom is -0.478 e. The Labute approximate surface area is 218 Å². The van der Waals surface area contributed by atoms with E-state index in [-0.39, 0.29) is 5.56 Å². The number of H-pyrrole nitrogens is 1. The van der Waals surface area contributed by atoms with Gasteiger partial charge in [-0.2, -0.15) is 5.06 Å². The number of rotatable bonds is 7. The standard InChI is InChI=1S/C30H38N4O3/c35-29(36)24-8-4-7-23(14-24)27-31-18-37-34(27)28-25(32-26(33-28)22-5-2-1-3-6-22)9-10-30-15-19-11-20(16-30)13-21(12-19)17-30/h4,7-8,14,18-22,27H,1-3,5-6,9-13,15-17H2,(H,32,33)(H,35,36). The van der Waals surface area contributed by atoms with Crippen LogP contribution in [0, 0.1) is 23.2 Å². The highest BCUT2D eigenvalue weighted by Crippen LogP contribution is 2.61. The second kappa shape index (κ2) is 9.17. The number of benzene rings is 1. The van der Waals surface area contributed by atoms with Gasteiger partial charge in [0.15, 0.2) is 12.0 Å². The van der Waals surface area contributed by atoms with Crippen LogP contribution in [0.5, 0.6) is 0 Å². The van der Waals surface area contributed by atoms with Gasteiger partial charge in [-0.15, -0.1) is 0 Å². The molecule has 37 heavy (non-hydrogen) atoms. The number of imidazole rings is 1. The number of hydrogen-bond acceptors (Lipinski definition) is 5. The molecule has 1 unspecified atom stereocenters. The molecule has 5 saturated carbocycles. The zero-order chi connectivity index (χ0) is 25.0. The molecule has 0 radical (unpaired) electrons. The van der Waals surface area contributed by atoms with Gasteiger partial charge in [0.2, 0.25) is 6.40 Å². The maximum Gasteiger partial charge on any atom is 0.335 e. The van der Waals surface area contributed by atoms with Crippen LogP contribution in [0.1, 0.15) is 117 Å². The molecule has 7 heteroatoms. The number of nitrogens with zero attached hydrogens (tertiary/aromatic N) is 3. The molecule has 1 atom stereocenters. The summed E-state index contributed by atoms with van der Waals surface area (Å²) in [6.45, 7) is 0. The Morgan fingerprint density at radius 2 is 1.81 bits per heavy atom. The lowest BCUT2D eigenvalue weighted by Crippen LogP contribution is -2.46. The van der Waals surface area contributed by atoms with Crippen molar-refractivity contribution in [3.05, 3.63) is 46.9 Å². The number of aryl methyl sites for hydroxylation is 1. The second-order valence-corrected chi connectivity index (χ2v) is 12.7. The van der Waals surface area contributed by atoms with Gasteiger partial charge in [0.25, 0.3) is 0 Å². The highest BCUT2D eigenvalue weighted by atomic mass is 16.7. The fourth-order valence-corrected chi connectivity index (χ4v) is 8.81. The largest absolute Gasteiger partial charge is 0.478 e. The third kappa shape index (κ3) is 4.34. The van der Waals surface area contributed by atoms with Crippen LogP contribution in [0.3, 0.4) is 0 Å². The summed E-state index contributed by atoms with van der Waals surface area (Å²) in [6.07, 6.45) is 18.0. The van der Waals surface area contributed by atoms with Gasteiger partial charge in [-0.3, -0.25) is 0 Å². The molecular formula is C30H38N4O3. The van der Waals surface area contributed by atoms with E-state index in [1.165, 1.54) is 83.5 Å². The Balaban J connectivity index is 1.18. The molecule has 2 aromatic rings. The minimum absolute atomic E-state index is 0.256. The number of hydrogen-bond donors (Lipinski definition) is 2. The van der Waals surface area contributed by atoms with Crippen LogP contribution in [0.15, 0.2) is 29.3 Å². The predicted molar refractivity (Wildman–Crippen MR) is 142 cm³/mol. The van der Waals surface area contributed by atoms with Gasteiger partial charge in [-0.1, -0.05) is 31.4 Å². The Hall–Kier alpha value is -2.83. The maximum atomic E-state index is 11.6. The SMILES string of the molecule is O=C(O)c1cccc(C2N=CON2c2nc(C3CCCCC3)[nH]c2CCC23CC4CC(CC(C4)C2)C3)c1. The first-order valence-corrected chi connectivity index (χ1v) is 14.4. The smallest absolute Gasteiger partial charge is 0.335 e. The average molecular weight is 503 g/mol. The van der Waals surface area contributed by atoms with Crippen LogP contribution in [0.25, 0.3) is 0 Å². The summed E-state index contributed by atoms with van der Waals surface area (Å²) in [6, 6.07) is 6.99. The van der Waals surface area contributed by atoms with Gasteiger partial charge in [0.1, 0.15) is 5.82 Å². The summed E-state index contributed by atoms with van der Waals surface area (Å²) in [7, 11) is 0. The van der Waals surface area contributed by atoms with Gasteiger partial charge in [0, 0.05) is 11.5 Å². The number of anilines is 1. The molecule has 0 spiro atoms. The van der Waals surface area contributed by atoms with Crippen LogP contribution in [0.4, 0.5) is 5.82 Å². The maximum absolute atomic E-state index is 11.6. The lowest BCUT2D eigenvalue weighted by atomic mass is 9.48. The van der Waals surface area contributed by atoms with Gasteiger partial charge in [-0.25, -0.2) is 14.8 Å². The highest BCUT2D eigenvalue weighted by molar-refractivity contribution is 5.87. The number of aliphatic imine (C=N–C) groups is 1. The molecule has 1 aromatic heterocycles. The molecule has 2 N–H and O–H groups in total. The Morgan fingerprint density at radius 1 is 1.08 bits per heavy atom. The van der Waals surface area contributed by atoms with Gasteiger partial charge < -0.3 is 14.9 Å². The third-order valence-electron chi connectivity index (χ3n) is 10.1. The molecule has 2 heterocycles. The first-order chi connectivity index (χ1) is 18.1.